The molecule has 0 bridgehead atoms. The Bertz CT molecular complexity index is 1350. The molecule has 1 fully saturated rings. The third-order valence-electron chi connectivity index (χ3n) is 8.49. The zero-order valence-electron chi connectivity index (χ0n) is 22.9. The van der Waals surface area contributed by atoms with Gasteiger partial charge in [0, 0.05) is 48.0 Å². The van der Waals surface area contributed by atoms with E-state index in [2.05, 4.69) is 5.32 Å². The van der Waals surface area contributed by atoms with E-state index in [0.29, 0.717) is 6.54 Å². The predicted octanol–water partition coefficient (Wildman–Crippen LogP) is 1.44. The van der Waals surface area contributed by atoms with Crippen molar-refractivity contribution in [3.63, 3.8) is 0 Å². The average Bonchev–Trinajstić information content (AvgIpc) is 2.91. The first kappa shape index (κ1) is 28.5. The summed E-state index contributed by atoms with van der Waals surface area (Å²) in [7, 11) is 1.37. The van der Waals surface area contributed by atoms with Crippen LogP contribution in [0.2, 0.25) is 0 Å². The van der Waals surface area contributed by atoms with Gasteiger partial charge >= 0.3 is 0 Å². The summed E-state index contributed by atoms with van der Waals surface area (Å²) in [5, 5.41) is 48.4. The van der Waals surface area contributed by atoms with Crippen LogP contribution in [0.15, 0.2) is 18.2 Å². The summed E-state index contributed by atoms with van der Waals surface area (Å²) in [4.78, 5) is 27.4. The summed E-state index contributed by atoms with van der Waals surface area (Å²) in [6.07, 6.45) is -3.48. The van der Waals surface area contributed by atoms with Crippen LogP contribution in [0.4, 0.5) is 0 Å². The minimum absolute atomic E-state index is 0.00731. The van der Waals surface area contributed by atoms with E-state index in [1.165, 1.54) is 19.2 Å². The molecule has 2 aromatic carbocycles. The van der Waals surface area contributed by atoms with Crippen molar-refractivity contribution >= 4 is 11.6 Å². The fourth-order valence-electron chi connectivity index (χ4n) is 6.24. The molecule has 2 aliphatic carbocycles. The molecule has 7 N–H and O–H groups in total. The quantitative estimate of drug-likeness (QED) is 0.242. The molecule has 0 spiro atoms. The third-order valence-corrected chi connectivity index (χ3v) is 8.49. The molecule has 0 aromatic heterocycles. The van der Waals surface area contributed by atoms with Crippen molar-refractivity contribution in [1.29, 1.82) is 0 Å². The minimum atomic E-state index is -1.46. The molecular weight excluding hydrogens is 520 g/mol. The molecular formula is C29H36N2O9. The lowest BCUT2D eigenvalue weighted by atomic mass is 9.71. The van der Waals surface area contributed by atoms with Gasteiger partial charge < -0.3 is 45.7 Å². The topological polar surface area (TPSA) is 181 Å². The molecule has 40 heavy (non-hydrogen) atoms. The van der Waals surface area contributed by atoms with Gasteiger partial charge in [0.2, 0.25) is 5.78 Å². The van der Waals surface area contributed by atoms with Crippen molar-refractivity contribution in [3.05, 3.63) is 51.6 Å². The second kappa shape index (κ2) is 10.4. The lowest BCUT2D eigenvalue weighted by molar-refractivity contribution is -0.248. The number of ether oxygens (including phenoxy) is 3. The van der Waals surface area contributed by atoms with E-state index in [9.17, 15) is 30.0 Å². The number of fused-ring (bicyclic) bond motifs is 3. The Balaban J connectivity index is 1.67. The van der Waals surface area contributed by atoms with Crippen molar-refractivity contribution in [1.82, 2.24) is 5.32 Å². The molecule has 216 valence electrons. The number of aliphatic hydroxyl groups excluding tert-OH is 1. The number of nitrogens with one attached hydrogen (secondary N) is 1. The number of phenolic OH excluding ortho intramolecular Hbond substituents is 2. The van der Waals surface area contributed by atoms with Gasteiger partial charge in [-0.2, -0.15) is 0 Å². The van der Waals surface area contributed by atoms with Gasteiger partial charge in [0.15, 0.2) is 12.1 Å². The van der Waals surface area contributed by atoms with E-state index in [4.69, 9.17) is 19.9 Å². The average molecular weight is 557 g/mol. The monoisotopic (exact) mass is 556 g/mol. The number of carbonyl (C=O) groups is 2. The Hall–Kier alpha value is -3.06. The SMILES string of the molecule is CCNC(C)C1(O)Cc2c(O)c3c(c(O)c2C(OC2CC(N)C(O)C(C)O2)C1)C(=O)c1c(OC)cccc1C3=O. The van der Waals surface area contributed by atoms with Crippen molar-refractivity contribution in [2.45, 2.75) is 82.3 Å². The summed E-state index contributed by atoms with van der Waals surface area (Å²) in [6, 6.07) is 3.47. The maximum Gasteiger partial charge on any atom is 0.202 e. The lowest BCUT2D eigenvalue weighted by Crippen LogP contribution is -2.55. The highest BCUT2D eigenvalue weighted by Crippen LogP contribution is 2.52. The van der Waals surface area contributed by atoms with Crippen molar-refractivity contribution in [2.75, 3.05) is 13.7 Å². The first-order valence-corrected chi connectivity index (χ1v) is 13.5. The van der Waals surface area contributed by atoms with Crippen LogP contribution in [-0.4, -0.2) is 81.8 Å². The number of ketones is 2. The normalized spacial score (nSPS) is 30.3. The van der Waals surface area contributed by atoms with Crippen molar-refractivity contribution in [3.8, 4) is 17.2 Å². The smallest absolute Gasteiger partial charge is 0.202 e. The van der Waals surface area contributed by atoms with Crippen LogP contribution in [0.5, 0.6) is 17.2 Å². The molecule has 5 rings (SSSR count). The van der Waals surface area contributed by atoms with Crippen LogP contribution in [0.25, 0.3) is 0 Å². The Kier molecular flexibility index (Phi) is 7.40. The number of carbonyl (C=O) groups excluding carboxylic acids is 2. The highest BCUT2D eigenvalue weighted by atomic mass is 16.7. The van der Waals surface area contributed by atoms with Crippen LogP contribution < -0.4 is 15.8 Å². The number of aromatic hydroxyl groups is 2. The minimum Gasteiger partial charge on any atom is -0.507 e. The fourth-order valence-corrected chi connectivity index (χ4v) is 6.24. The molecule has 11 heteroatoms. The summed E-state index contributed by atoms with van der Waals surface area (Å²) in [5.74, 6) is -2.15. The van der Waals surface area contributed by atoms with E-state index in [0.717, 1.165) is 0 Å². The summed E-state index contributed by atoms with van der Waals surface area (Å²) >= 11 is 0. The lowest BCUT2D eigenvalue weighted by Gasteiger charge is -2.45. The van der Waals surface area contributed by atoms with Crippen LogP contribution in [0.3, 0.4) is 0 Å². The van der Waals surface area contributed by atoms with E-state index in [-0.39, 0.29) is 58.4 Å². The van der Waals surface area contributed by atoms with Gasteiger partial charge in [-0.05, 0) is 26.5 Å². The molecule has 7 unspecified atom stereocenters. The molecule has 0 radical (unpaired) electrons. The number of hydrogen-bond donors (Lipinski definition) is 6. The zero-order valence-corrected chi connectivity index (χ0v) is 22.9. The van der Waals surface area contributed by atoms with Crippen molar-refractivity contribution in [2.24, 2.45) is 5.73 Å². The van der Waals surface area contributed by atoms with Gasteiger partial charge in [-0.15, -0.1) is 0 Å². The van der Waals surface area contributed by atoms with E-state index in [1.807, 2.05) is 6.92 Å². The highest BCUT2D eigenvalue weighted by Gasteiger charge is 2.49. The second-order valence-corrected chi connectivity index (χ2v) is 10.9. The number of aliphatic hydroxyl groups is 2. The van der Waals surface area contributed by atoms with Crippen LogP contribution in [-0.2, 0) is 15.9 Å². The van der Waals surface area contributed by atoms with Crippen LogP contribution >= 0.6 is 0 Å². The molecule has 1 heterocycles. The summed E-state index contributed by atoms with van der Waals surface area (Å²) < 4.78 is 17.4. The van der Waals surface area contributed by atoms with Gasteiger partial charge in [0.1, 0.15) is 17.2 Å². The number of hydrogen-bond acceptors (Lipinski definition) is 11. The summed E-state index contributed by atoms with van der Waals surface area (Å²) in [6.45, 7) is 5.91. The number of phenols is 2. The third kappa shape index (κ3) is 4.37. The van der Waals surface area contributed by atoms with Crippen LogP contribution in [0, 0.1) is 0 Å². The van der Waals surface area contributed by atoms with Gasteiger partial charge in [-0.25, -0.2) is 0 Å². The second-order valence-electron chi connectivity index (χ2n) is 10.9. The van der Waals surface area contributed by atoms with E-state index >= 15 is 0 Å². The van der Waals surface area contributed by atoms with Crippen molar-refractivity contribution < 1.29 is 44.2 Å². The Morgan fingerprint density at radius 2 is 1.88 bits per heavy atom. The molecule has 1 aliphatic heterocycles. The Labute approximate surface area is 231 Å². The van der Waals surface area contributed by atoms with Gasteiger partial charge in [-0.3, -0.25) is 9.59 Å². The standard InChI is InChI=1S/C29H36N2O9/c1-5-31-13(3)29(37)10-15-21(18(11-29)40-19-9-16(30)24(32)12(2)39-19)28(36)23-22(26(15)34)25(33)14-7-6-8-17(38-4)20(14)27(23)35/h6-8,12-13,16,18-19,24,31-32,34,36-37H,5,9-11,30H2,1-4H3. The van der Waals surface area contributed by atoms with Gasteiger partial charge in [0.05, 0.1) is 47.7 Å². The molecule has 11 nitrogen and oxygen atoms in total. The number of benzene rings is 2. The van der Waals surface area contributed by atoms with Gasteiger partial charge in [-0.1, -0.05) is 19.1 Å². The largest absolute Gasteiger partial charge is 0.507 e. The first-order valence-electron chi connectivity index (χ1n) is 13.5. The highest BCUT2D eigenvalue weighted by molar-refractivity contribution is 6.31. The maximum atomic E-state index is 13.8. The van der Waals surface area contributed by atoms with E-state index in [1.54, 1.807) is 19.9 Å². The molecule has 2 aromatic rings. The number of rotatable bonds is 6. The molecule has 1 saturated heterocycles. The molecule has 3 aliphatic rings. The predicted molar refractivity (Wildman–Crippen MR) is 143 cm³/mol. The molecule has 7 atom stereocenters. The fraction of sp³-hybridized carbons (Fsp3) is 0.517. The maximum absolute atomic E-state index is 13.8. The molecule has 0 amide bonds. The Morgan fingerprint density at radius 1 is 1.18 bits per heavy atom. The zero-order chi connectivity index (χ0) is 29.1. The van der Waals surface area contributed by atoms with Crippen LogP contribution in [0.1, 0.15) is 82.7 Å². The Morgan fingerprint density at radius 3 is 2.52 bits per heavy atom. The number of likely N-dealkylation sites (N-methyl/N-ethyl adjacent to an activating group) is 1. The number of nitrogens with two attached hydrogens (primary N) is 1. The number of methoxy groups -OCH3 is 1. The van der Waals surface area contributed by atoms with E-state index < -0.39 is 65.4 Å². The van der Waals surface area contributed by atoms with Gasteiger partial charge in [0.25, 0.3) is 0 Å². The molecule has 0 saturated carbocycles. The first-order chi connectivity index (χ1) is 18.9. The summed E-state index contributed by atoms with van der Waals surface area (Å²) in [5.41, 5.74) is 4.21.